The summed E-state index contributed by atoms with van der Waals surface area (Å²) in [4.78, 5) is 12.7. The van der Waals surface area contributed by atoms with Crippen molar-refractivity contribution in [2.45, 2.75) is 56.7 Å². The van der Waals surface area contributed by atoms with Crippen molar-refractivity contribution in [1.82, 2.24) is 9.78 Å². The third kappa shape index (κ3) is 4.00. The van der Waals surface area contributed by atoms with Gasteiger partial charge >= 0.3 is 6.03 Å². The number of benzene rings is 1. The summed E-state index contributed by atoms with van der Waals surface area (Å²) < 4.78 is 43.3. The fourth-order valence-electron chi connectivity index (χ4n) is 4.84. The molecule has 32 heavy (non-hydrogen) atoms. The molecule has 5 rings (SSSR count). The number of carbonyl (C=O) groups is 1. The van der Waals surface area contributed by atoms with Gasteiger partial charge in [-0.2, -0.15) is 5.10 Å². The van der Waals surface area contributed by atoms with E-state index < -0.39 is 22.1 Å². The summed E-state index contributed by atoms with van der Waals surface area (Å²) in [5.41, 5.74) is 5.05. The molecule has 2 amide bonds. The molecule has 172 valence electrons. The number of ether oxygens (including phenoxy) is 2. The van der Waals surface area contributed by atoms with Crippen LogP contribution in [0, 0.1) is 0 Å². The minimum atomic E-state index is -3.39. The fourth-order valence-corrected chi connectivity index (χ4v) is 5.88. The second-order valence-corrected chi connectivity index (χ2v) is 10.4. The maximum Gasteiger partial charge on any atom is 0.354 e. The van der Waals surface area contributed by atoms with Crippen molar-refractivity contribution >= 4 is 21.6 Å². The zero-order chi connectivity index (χ0) is 22.5. The van der Waals surface area contributed by atoms with E-state index in [9.17, 15) is 13.4 Å². The highest BCUT2D eigenvalue weighted by Gasteiger charge is 2.30. The van der Waals surface area contributed by atoms with E-state index >= 15 is 0 Å². The standard InChI is InChI=1S/C21H26FN5O4S/c1-30-16-9-27-20(31-10-16)14(8-24-27)11-32(23,29)26-21(28)25-19-17-4-2-3-12(17)5-13-6-15(22)7-18(13)19/h5,8,15-16H,2-4,6-7,9-11H2,1H3,(H3,23,25,26,28,29)/t15-,16+,32?/m1/s1. The first-order valence-corrected chi connectivity index (χ1v) is 12.4. The smallest absolute Gasteiger partial charge is 0.354 e. The van der Waals surface area contributed by atoms with Crippen LogP contribution in [-0.2, 0) is 52.6 Å². The van der Waals surface area contributed by atoms with E-state index in [0.29, 0.717) is 36.7 Å². The molecule has 11 heteroatoms. The van der Waals surface area contributed by atoms with E-state index in [2.05, 4.69) is 20.8 Å². The highest BCUT2D eigenvalue weighted by atomic mass is 32.2. The molecule has 0 saturated heterocycles. The van der Waals surface area contributed by atoms with Crippen LogP contribution in [0.2, 0.25) is 0 Å². The number of nitrogens with one attached hydrogen (secondary N) is 1. The normalized spacial score (nSPS) is 23.0. The molecule has 1 aromatic carbocycles. The number of aromatic nitrogens is 2. The number of fused-ring (bicyclic) bond motifs is 3. The van der Waals surface area contributed by atoms with Gasteiger partial charge in [-0.05, 0) is 41.5 Å². The van der Waals surface area contributed by atoms with E-state index in [0.717, 1.165) is 41.5 Å². The summed E-state index contributed by atoms with van der Waals surface area (Å²) >= 11 is 0. The highest BCUT2D eigenvalue weighted by molar-refractivity contribution is 7.90. The topological polar surface area (TPSA) is 121 Å². The quantitative estimate of drug-likeness (QED) is 0.721. The van der Waals surface area contributed by atoms with Crippen molar-refractivity contribution in [3.05, 3.63) is 40.1 Å². The van der Waals surface area contributed by atoms with Crippen LogP contribution in [0.3, 0.4) is 0 Å². The summed E-state index contributed by atoms with van der Waals surface area (Å²) in [5, 5.41) is 12.9. The number of urea groups is 1. The number of alkyl halides is 1. The molecule has 1 unspecified atom stereocenters. The lowest BCUT2D eigenvalue weighted by molar-refractivity contribution is 0.0176. The summed E-state index contributed by atoms with van der Waals surface area (Å²) in [7, 11) is -1.79. The second-order valence-electron chi connectivity index (χ2n) is 8.57. The number of hydrogen-bond donors (Lipinski definition) is 2. The van der Waals surface area contributed by atoms with Crippen LogP contribution in [0.25, 0.3) is 0 Å². The lowest BCUT2D eigenvalue weighted by Gasteiger charge is -2.23. The Hall–Kier alpha value is -2.50. The number of rotatable bonds is 4. The Morgan fingerprint density at radius 1 is 1.41 bits per heavy atom. The molecule has 3 N–H and O–H groups in total. The minimum Gasteiger partial charge on any atom is -0.475 e. The first-order chi connectivity index (χ1) is 15.3. The summed E-state index contributed by atoms with van der Waals surface area (Å²) in [5.74, 6) is 0.282. The Bertz CT molecular complexity index is 1200. The van der Waals surface area contributed by atoms with Gasteiger partial charge in [-0.3, -0.25) is 0 Å². The number of methoxy groups -OCH3 is 1. The number of amides is 2. The van der Waals surface area contributed by atoms with Crippen LogP contribution in [0.4, 0.5) is 14.9 Å². The van der Waals surface area contributed by atoms with Crippen molar-refractivity contribution in [3.63, 3.8) is 0 Å². The molecule has 3 aliphatic rings. The molecule has 1 aromatic heterocycles. The number of anilines is 1. The molecule has 0 bridgehead atoms. The Balaban J connectivity index is 1.37. The minimum absolute atomic E-state index is 0.119. The van der Waals surface area contributed by atoms with Crippen molar-refractivity contribution < 1.29 is 22.9 Å². The second kappa shape index (κ2) is 8.13. The number of hydrogen-bond acceptors (Lipinski definition) is 5. The molecule has 0 radical (unpaired) electrons. The van der Waals surface area contributed by atoms with Gasteiger partial charge in [0.2, 0.25) is 5.88 Å². The summed E-state index contributed by atoms with van der Waals surface area (Å²) in [6.07, 6.45) is 3.77. The fraction of sp³-hybridized carbons (Fsp3) is 0.524. The first kappa shape index (κ1) is 21.4. The van der Waals surface area contributed by atoms with Crippen LogP contribution in [0.1, 0.15) is 34.2 Å². The molecule has 3 atom stereocenters. The van der Waals surface area contributed by atoms with Crippen LogP contribution in [0.5, 0.6) is 5.88 Å². The maximum absolute atomic E-state index is 14.1. The third-order valence-electron chi connectivity index (χ3n) is 6.28. The molecule has 0 saturated carbocycles. The molecule has 2 aliphatic carbocycles. The lowest BCUT2D eigenvalue weighted by Crippen LogP contribution is -2.32. The van der Waals surface area contributed by atoms with E-state index in [1.807, 2.05) is 0 Å². The van der Waals surface area contributed by atoms with E-state index in [1.165, 1.54) is 6.20 Å². The number of nitrogens with zero attached hydrogens (tertiary/aromatic N) is 3. The van der Waals surface area contributed by atoms with Crippen molar-refractivity contribution in [3.8, 4) is 5.88 Å². The molecule has 2 aromatic rings. The van der Waals surface area contributed by atoms with Gasteiger partial charge in [0.25, 0.3) is 0 Å². The Labute approximate surface area is 185 Å². The molecule has 2 heterocycles. The Kier molecular flexibility index (Phi) is 5.42. The van der Waals surface area contributed by atoms with Gasteiger partial charge in [-0.25, -0.2) is 23.2 Å². The Morgan fingerprint density at radius 3 is 3.06 bits per heavy atom. The third-order valence-corrected chi connectivity index (χ3v) is 7.48. The van der Waals surface area contributed by atoms with Gasteiger partial charge in [0, 0.05) is 31.2 Å². The Morgan fingerprint density at radius 2 is 2.25 bits per heavy atom. The molecular weight excluding hydrogens is 437 g/mol. The van der Waals surface area contributed by atoms with E-state index in [-0.39, 0.29) is 18.3 Å². The average Bonchev–Trinajstić information content (AvgIpc) is 3.45. The largest absolute Gasteiger partial charge is 0.475 e. The molecule has 1 aliphatic heterocycles. The lowest BCUT2D eigenvalue weighted by atomic mass is 9.99. The predicted octanol–water partition coefficient (Wildman–Crippen LogP) is 2.29. The SMILES string of the molecule is CO[C@@H]1COc2c(CS(N)(=O)=NC(=O)Nc3c4c(cc5c3C[C@H](F)C5)CCC4)cnn2C1. The first-order valence-electron chi connectivity index (χ1n) is 10.7. The van der Waals surface area contributed by atoms with E-state index in [4.69, 9.17) is 14.6 Å². The zero-order valence-corrected chi connectivity index (χ0v) is 18.6. The summed E-state index contributed by atoms with van der Waals surface area (Å²) in [6.45, 7) is 0.855. The van der Waals surface area contributed by atoms with Gasteiger partial charge < -0.3 is 14.8 Å². The molecule has 9 nitrogen and oxygen atoms in total. The van der Waals surface area contributed by atoms with Crippen molar-refractivity contribution in [2.75, 3.05) is 19.0 Å². The van der Waals surface area contributed by atoms with Gasteiger partial charge in [0.05, 0.1) is 18.5 Å². The van der Waals surface area contributed by atoms with Gasteiger partial charge in [0.1, 0.15) is 28.8 Å². The monoisotopic (exact) mass is 463 g/mol. The van der Waals surface area contributed by atoms with Crippen LogP contribution in [0.15, 0.2) is 16.6 Å². The van der Waals surface area contributed by atoms with Gasteiger partial charge in [-0.15, -0.1) is 4.36 Å². The summed E-state index contributed by atoms with van der Waals surface area (Å²) in [6, 6.07) is 1.27. The highest BCUT2D eigenvalue weighted by Crippen LogP contribution is 2.39. The van der Waals surface area contributed by atoms with Gasteiger partial charge in [0.15, 0.2) is 0 Å². The molecular formula is C21H26FN5O4S. The molecule has 0 spiro atoms. The van der Waals surface area contributed by atoms with Gasteiger partial charge in [-0.1, -0.05) is 6.07 Å². The average molecular weight is 464 g/mol. The van der Waals surface area contributed by atoms with Crippen LogP contribution >= 0.6 is 0 Å². The number of carbonyl (C=O) groups excluding carboxylic acids is 1. The predicted molar refractivity (Wildman–Crippen MR) is 117 cm³/mol. The van der Waals surface area contributed by atoms with Crippen molar-refractivity contribution in [1.29, 1.82) is 0 Å². The van der Waals surface area contributed by atoms with Crippen LogP contribution < -0.4 is 15.2 Å². The number of aryl methyl sites for hydroxylation is 1. The van der Waals surface area contributed by atoms with Crippen LogP contribution in [-0.4, -0.2) is 46.0 Å². The maximum atomic E-state index is 14.1. The number of nitrogens with two attached hydrogens (primary N) is 1. The van der Waals surface area contributed by atoms with E-state index in [1.54, 1.807) is 11.8 Å². The molecule has 0 fully saturated rings. The van der Waals surface area contributed by atoms with Crippen molar-refractivity contribution in [2.24, 2.45) is 9.50 Å². The zero-order valence-electron chi connectivity index (χ0n) is 17.8. The number of halogens is 1.